The molecule has 0 aliphatic heterocycles. The molecule has 5 heteroatoms. The maximum absolute atomic E-state index is 12.7. The molecule has 4 nitrogen and oxygen atoms in total. The predicted octanol–water partition coefficient (Wildman–Crippen LogP) is 1.73. The number of hydrogen-bond acceptors (Lipinski definition) is 3. The molecule has 106 valence electrons. The molecule has 0 heterocycles. The Morgan fingerprint density at radius 3 is 2.58 bits per heavy atom. The highest BCUT2D eigenvalue weighted by Crippen LogP contribution is 2.13. The molecule has 0 aliphatic rings. The van der Waals surface area contributed by atoms with Gasteiger partial charge in [0.15, 0.2) is 6.10 Å². The number of carbonyl (C=O) groups is 1. The summed E-state index contributed by atoms with van der Waals surface area (Å²) in [6.45, 7) is 4.19. The molecule has 2 N–H and O–H groups in total. The van der Waals surface area contributed by atoms with E-state index in [0.717, 1.165) is 0 Å². The monoisotopic (exact) mass is 269 g/mol. The van der Waals surface area contributed by atoms with Crippen molar-refractivity contribution in [2.45, 2.75) is 26.4 Å². The van der Waals surface area contributed by atoms with Gasteiger partial charge in [-0.3, -0.25) is 4.79 Å². The lowest BCUT2D eigenvalue weighted by molar-refractivity contribution is -0.127. The molecule has 0 aliphatic carbocycles. The van der Waals surface area contributed by atoms with E-state index in [1.54, 1.807) is 6.92 Å². The molecule has 1 aromatic carbocycles. The minimum absolute atomic E-state index is 0.110. The molecule has 1 aromatic rings. The molecule has 0 aromatic heterocycles. The summed E-state index contributed by atoms with van der Waals surface area (Å²) in [4.78, 5) is 11.8. The van der Waals surface area contributed by atoms with Gasteiger partial charge in [-0.15, -0.1) is 0 Å². The van der Waals surface area contributed by atoms with E-state index in [1.807, 2.05) is 6.92 Å². The number of aliphatic hydroxyl groups excluding tert-OH is 1. The molecule has 0 bridgehead atoms. The first kappa shape index (κ1) is 15.4. The van der Waals surface area contributed by atoms with Gasteiger partial charge in [-0.25, -0.2) is 4.39 Å². The van der Waals surface area contributed by atoms with Gasteiger partial charge in [0.1, 0.15) is 11.6 Å². The summed E-state index contributed by atoms with van der Waals surface area (Å²) in [6.07, 6.45) is -0.000183. The molecule has 0 saturated heterocycles. The van der Waals surface area contributed by atoms with Crippen LogP contribution in [0, 0.1) is 11.7 Å². The first-order valence-electron chi connectivity index (χ1n) is 6.33. The molecular formula is C14H20FNO3. The van der Waals surface area contributed by atoms with E-state index in [1.165, 1.54) is 24.3 Å². The van der Waals surface area contributed by atoms with Crippen molar-refractivity contribution < 1.29 is 19.0 Å². The van der Waals surface area contributed by atoms with Gasteiger partial charge in [-0.1, -0.05) is 6.92 Å². The number of aliphatic hydroxyl groups is 1. The number of ether oxygens (including phenoxy) is 1. The largest absolute Gasteiger partial charge is 0.481 e. The number of rotatable bonds is 7. The van der Waals surface area contributed by atoms with Crippen LogP contribution in [-0.4, -0.2) is 30.3 Å². The Kier molecular flexibility index (Phi) is 6.29. The Morgan fingerprint density at radius 1 is 1.37 bits per heavy atom. The summed E-state index contributed by atoms with van der Waals surface area (Å²) >= 11 is 0. The Morgan fingerprint density at radius 2 is 2.00 bits per heavy atom. The van der Waals surface area contributed by atoms with E-state index in [4.69, 9.17) is 9.84 Å². The highest BCUT2D eigenvalue weighted by Gasteiger charge is 2.15. The third-order valence-corrected chi connectivity index (χ3v) is 2.74. The lowest BCUT2D eigenvalue weighted by Crippen LogP contribution is -2.38. The molecule has 1 rings (SSSR count). The average Bonchev–Trinajstić information content (AvgIpc) is 2.39. The number of halogens is 1. The third kappa shape index (κ3) is 5.70. The van der Waals surface area contributed by atoms with Crippen LogP contribution in [0.4, 0.5) is 4.39 Å². The van der Waals surface area contributed by atoms with Crippen molar-refractivity contribution in [3.8, 4) is 5.75 Å². The van der Waals surface area contributed by atoms with Crippen LogP contribution in [0.25, 0.3) is 0 Å². The van der Waals surface area contributed by atoms with E-state index in [9.17, 15) is 9.18 Å². The van der Waals surface area contributed by atoms with Crippen LogP contribution in [0.2, 0.25) is 0 Å². The Bertz CT molecular complexity index is 394. The van der Waals surface area contributed by atoms with Crippen molar-refractivity contribution in [1.29, 1.82) is 0 Å². The highest BCUT2D eigenvalue weighted by atomic mass is 19.1. The van der Waals surface area contributed by atoms with Crippen molar-refractivity contribution in [2.75, 3.05) is 13.2 Å². The fourth-order valence-electron chi connectivity index (χ4n) is 1.51. The van der Waals surface area contributed by atoms with E-state index in [0.29, 0.717) is 18.7 Å². The summed E-state index contributed by atoms with van der Waals surface area (Å²) in [6, 6.07) is 5.52. The minimum atomic E-state index is -0.646. The van der Waals surface area contributed by atoms with Crippen LogP contribution in [0.5, 0.6) is 5.75 Å². The molecule has 2 unspecified atom stereocenters. The summed E-state index contributed by atoms with van der Waals surface area (Å²) in [5.41, 5.74) is 0. The molecule has 19 heavy (non-hydrogen) atoms. The van der Waals surface area contributed by atoms with Gasteiger partial charge in [0.05, 0.1) is 0 Å². The minimum Gasteiger partial charge on any atom is -0.481 e. The van der Waals surface area contributed by atoms with Crippen molar-refractivity contribution in [3.63, 3.8) is 0 Å². The van der Waals surface area contributed by atoms with Gasteiger partial charge in [0, 0.05) is 13.2 Å². The normalized spacial score (nSPS) is 13.7. The van der Waals surface area contributed by atoms with E-state index in [-0.39, 0.29) is 24.2 Å². The summed E-state index contributed by atoms with van der Waals surface area (Å²) < 4.78 is 18.1. The second-order valence-corrected chi connectivity index (χ2v) is 4.58. The Balaban J connectivity index is 2.38. The summed E-state index contributed by atoms with van der Waals surface area (Å²) in [5.74, 6) is 0.0934. The Labute approximate surface area is 112 Å². The summed E-state index contributed by atoms with van der Waals surface area (Å²) in [5, 5.41) is 11.5. The van der Waals surface area contributed by atoms with Crippen LogP contribution in [0.3, 0.4) is 0 Å². The molecule has 1 amide bonds. The van der Waals surface area contributed by atoms with Crippen LogP contribution in [-0.2, 0) is 4.79 Å². The fourth-order valence-corrected chi connectivity index (χ4v) is 1.51. The SMILES string of the molecule is CC(CCO)CNC(=O)C(C)Oc1ccc(F)cc1. The number of carbonyl (C=O) groups excluding carboxylic acids is 1. The third-order valence-electron chi connectivity index (χ3n) is 2.74. The zero-order valence-corrected chi connectivity index (χ0v) is 11.2. The quantitative estimate of drug-likeness (QED) is 0.792. The van der Waals surface area contributed by atoms with Crippen molar-refractivity contribution in [3.05, 3.63) is 30.1 Å². The molecule has 0 radical (unpaired) electrons. The second-order valence-electron chi connectivity index (χ2n) is 4.58. The number of amides is 1. The summed E-state index contributed by atoms with van der Waals surface area (Å²) in [7, 11) is 0. The first-order valence-corrected chi connectivity index (χ1v) is 6.33. The van der Waals surface area contributed by atoms with Crippen molar-refractivity contribution in [1.82, 2.24) is 5.32 Å². The van der Waals surface area contributed by atoms with Gasteiger partial charge in [0.2, 0.25) is 0 Å². The fraction of sp³-hybridized carbons (Fsp3) is 0.500. The molecule has 2 atom stereocenters. The van der Waals surface area contributed by atoms with E-state index < -0.39 is 6.10 Å². The van der Waals surface area contributed by atoms with Gasteiger partial charge < -0.3 is 15.2 Å². The maximum atomic E-state index is 12.7. The van der Waals surface area contributed by atoms with Gasteiger partial charge in [-0.2, -0.15) is 0 Å². The van der Waals surface area contributed by atoms with Crippen LogP contribution in [0.15, 0.2) is 24.3 Å². The lowest BCUT2D eigenvalue weighted by atomic mass is 10.1. The molecular weight excluding hydrogens is 249 g/mol. The zero-order chi connectivity index (χ0) is 14.3. The topological polar surface area (TPSA) is 58.6 Å². The van der Waals surface area contributed by atoms with Crippen LogP contribution >= 0.6 is 0 Å². The van der Waals surface area contributed by atoms with Crippen LogP contribution < -0.4 is 10.1 Å². The number of benzene rings is 1. The van der Waals surface area contributed by atoms with Crippen LogP contribution in [0.1, 0.15) is 20.3 Å². The van der Waals surface area contributed by atoms with Gasteiger partial charge >= 0.3 is 0 Å². The zero-order valence-electron chi connectivity index (χ0n) is 11.2. The predicted molar refractivity (Wildman–Crippen MR) is 70.4 cm³/mol. The first-order chi connectivity index (χ1) is 9.02. The Hall–Kier alpha value is -1.62. The van der Waals surface area contributed by atoms with Gasteiger partial charge in [0.25, 0.3) is 5.91 Å². The lowest BCUT2D eigenvalue weighted by Gasteiger charge is -2.16. The standard InChI is InChI=1S/C14H20FNO3/c1-10(7-8-17)9-16-14(18)11(2)19-13-5-3-12(15)4-6-13/h3-6,10-11,17H,7-9H2,1-2H3,(H,16,18). The molecule has 0 spiro atoms. The average molecular weight is 269 g/mol. The van der Waals surface area contributed by atoms with Gasteiger partial charge in [-0.05, 0) is 43.5 Å². The number of nitrogens with one attached hydrogen (secondary N) is 1. The maximum Gasteiger partial charge on any atom is 0.260 e. The number of hydrogen-bond donors (Lipinski definition) is 2. The second kappa shape index (κ2) is 7.74. The smallest absolute Gasteiger partial charge is 0.260 e. The highest BCUT2D eigenvalue weighted by molar-refractivity contribution is 5.80. The van der Waals surface area contributed by atoms with Crippen molar-refractivity contribution >= 4 is 5.91 Å². The van der Waals surface area contributed by atoms with E-state index >= 15 is 0 Å². The molecule has 0 saturated carbocycles. The van der Waals surface area contributed by atoms with E-state index in [2.05, 4.69) is 5.32 Å². The molecule has 0 fully saturated rings. The van der Waals surface area contributed by atoms with Crippen molar-refractivity contribution in [2.24, 2.45) is 5.92 Å².